The lowest BCUT2D eigenvalue weighted by atomic mass is 10.1. The highest BCUT2D eigenvalue weighted by atomic mass is 35.5. The van der Waals surface area contributed by atoms with Crippen molar-refractivity contribution in [1.82, 2.24) is 14.5 Å². The van der Waals surface area contributed by atoms with Gasteiger partial charge in [-0.3, -0.25) is 5.10 Å². The van der Waals surface area contributed by atoms with E-state index in [1.807, 2.05) is 26.0 Å². The van der Waals surface area contributed by atoms with E-state index in [0.29, 0.717) is 18.1 Å². The van der Waals surface area contributed by atoms with E-state index in [-0.39, 0.29) is 12.1 Å². The number of anilines is 1. The largest absolute Gasteiger partial charge is 0.368 e. The molecule has 1 aliphatic rings. The number of aromatic nitrogens is 2. The van der Waals surface area contributed by atoms with E-state index >= 15 is 0 Å². The number of nitrogens with one attached hydrogen (secondary N) is 1. The molecule has 8 heteroatoms. The quantitative estimate of drug-likeness (QED) is 0.907. The summed E-state index contributed by atoms with van der Waals surface area (Å²) in [4.78, 5) is 2.18. The molecular formula is C14H19ClN4O2S. The van der Waals surface area contributed by atoms with Crippen LogP contribution in [-0.4, -0.2) is 54.3 Å². The zero-order chi connectivity index (χ0) is 16.1. The maximum absolute atomic E-state index is 11.9. The van der Waals surface area contributed by atoms with Gasteiger partial charge in [0.2, 0.25) is 10.0 Å². The molecule has 2 heterocycles. The van der Waals surface area contributed by atoms with Gasteiger partial charge in [-0.25, -0.2) is 8.42 Å². The van der Waals surface area contributed by atoms with Gasteiger partial charge >= 0.3 is 0 Å². The fourth-order valence-corrected chi connectivity index (χ4v) is 5.07. The molecule has 22 heavy (non-hydrogen) atoms. The third-order valence-corrected chi connectivity index (χ3v) is 5.77. The Hall–Kier alpha value is -1.31. The van der Waals surface area contributed by atoms with E-state index in [1.54, 1.807) is 10.5 Å². The van der Waals surface area contributed by atoms with Crippen molar-refractivity contribution in [2.24, 2.45) is 0 Å². The molecule has 0 aliphatic carbocycles. The summed E-state index contributed by atoms with van der Waals surface area (Å²) in [6.45, 7) is 5.11. The number of hydrogen-bond donors (Lipinski definition) is 1. The SMILES string of the molecule is C[C@@H]1CN(c2cc(Cl)cc3[nH]ncc23)C[C@@H](C)N1S(C)(=O)=O. The number of halogens is 1. The Morgan fingerprint density at radius 3 is 2.50 bits per heavy atom. The minimum absolute atomic E-state index is 0.0975. The van der Waals surface area contributed by atoms with Gasteiger partial charge in [0.25, 0.3) is 0 Å². The molecule has 6 nitrogen and oxygen atoms in total. The van der Waals surface area contributed by atoms with Crippen LogP contribution in [0.2, 0.25) is 5.02 Å². The van der Waals surface area contributed by atoms with Crippen molar-refractivity contribution in [1.29, 1.82) is 0 Å². The van der Waals surface area contributed by atoms with Crippen molar-refractivity contribution >= 4 is 38.2 Å². The predicted molar refractivity (Wildman–Crippen MR) is 88.9 cm³/mol. The summed E-state index contributed by atoms with van der Waals surface area (Å²) in [5.74, 6) is 0. The number of piperazine rings is 1. The molecule has 1 fully saturated rings. The lowest BCUT2D eigenvalue weighted by molar-refractivity contribution is 0.243. The zero-order valence-corrected chi connectivity index (χ0v) is 14.3. The number of benzene rings is 1. The van der Waals surface area contributed by atoms with Crippen LogP contribution in [0.1, 0.15) is 13.8 Å². The Labute approximate surface area is 135 Å². The van der Waals surface area contributed by atoms with Gasteiger partial charge in [-0.2, -0.15) is 9.40 Å². The highest BCUT2D eigenvalue weighted by Gasteiger charge is 2.35. The Morgan fingerprint density at radius 2 is 1.91 bits per heavy atom. The van der Waals surface area contributed by atoms with Crippen molar-refractivity contribution in [2.45, 2.75) is 25.9 Å². The maximum Gasteiger partial charge on any atom is 0.211 e. The fraction of sp³-hybridized carbons (Fsp3) is 0.500. The van der Waals surface area contributed by atoms with E-state index in [1.165, 1.54) is 6.26 Å². The number of hydrogen-bond acceptors (Lipinski definition) is 4. The van der Waals surface area contributed by atoms with Crippen LogP contribution < -0.4 is 4.90 Å². The first-order valence-electron chi connectivity index (χ1n) is 7.13. The van der Waals surface area contributed by atoms with Gasteiger partial charge in [0.1, 0.15) is 0 Å². The topological polar surface area (TPSA) is 69.3 Å². The van der Waals surface area contributed by atoms with Crippen molar-refractivity contribution in [3.05, 3.63) is 23.4 Å². The summed E-state index contributed by atoms with van der Waals surface area (Å²) in [7, 11) is -3.21. The average Bonchev–Trinajstić information content (AvgIpc) is 2.82. The van der Waals surface area contributed by atoms with Gasteiger partial charge in [0.15, 0.2) is 0 Å². The summed E-state index contributed by atoms with van der Waals surface area (Å²) in [6, 6.07) is 3.56. The molecule has 0 spiro atoms. The van der Waals surface area contributed by atoms with Crippen LogP contribution >= 0.6 is 11.6 Å². The third kappa shape index (κ3) is 2.68. The summed E-state index contributed by atoms with van der Waals surface area (Å²) in [6.07, 6.45) is 3.04. The minimum Gasteiger partial charge on any atom is -0.368 e. The lowest BCUT2D eigenvalue weighted by Gasteiger charge is -2.44. The van der Waals surface area contributed by atoms with E-state index in [9.17, 15) is 8.42 Å². The van der Waals surface area contributed by atoms with Crippen LogP contribution in [0.3, 0.4) is 0 Å². The Kier molecular flexibility index (Phi) is 3.82. The van der Waals surface area contributed by atoms with Crippen LogP contribution in [-0.2, 0) is 10.0 Å². The maximum atomic E-state index is 11.9. The van der Waals surface area contributed by atoms with Gasteiger partial charge in [-0.15, -0.1) is 0 Å². The van der Waals surface area contributed by atoms with E-state index in [2.05, 4.69) is 15.1 Å². The second kappa shape index (κ2) is 5.40. The molecule has 0 radical (unpaired) electrons. The van der Waals surface area contributed by atoms with Crippen LogP contribution in [0.15, 0.2) is 18.3 Å². The normalized spacial score (nSPS) is 24.1. The zero-order valence-electron chi connectivity index (χ0n) is 12.7. The number of nitrogens with zero attached hydrogens (tertiary/aromatic N) is 3. The number of rotatable bonds is 2. The highest BCUT2D eigenvalue weighted by Crippen LogP contribution is 2.32. The molecule has 0 saturated carbocycles. The van der Waals surface area contributed by atoms with E-state index in [0.717, 1.165) is 16.6 Å². The summed E-state index contributed by atoms with van der Waals surface area (Å²) < 4.78 is 25.5. The predicted octanol–water partition coefficient (Wildman–Crippen LogP) is 2.07. The van der Waals surface area contributed by atoms with Crippen LogP contribution in [0, 0.1) is 0 Å². The van der Waals surface area contributed by atoms with E-state index in [4.69, 9.17) is 11.6 Å². The molecule has 0 bridgehead atoms. The molecule has 120 valence electrons. The van der Waals surface area contributed by atoms with Gasteiger partial charge in [-0.1, -0.05) is 11.6 Å². The Bertz CT molecular complexity index is 792. The Morgan fingerprint density at radius 1 is 1.27 bits per heavy atom. The standard InChI is InChI=1S/C14H19ClN4O2S/c1-9-7-18(8-10(2)19(9)22(3,20)21)14-5-11(15)4-13-12(14)6-16-17-13/h4-6,9-10H,7-8H2,1-3H3,(H,16,17)/t9-,10-/m1/s1. The van der Waals surface area contributed by atoms with Crippen molar-refractivity contribution in [3.8, 4) is 0 Å². The molecule has 1 aliphatic heterocycles. The summed E-state index contributed by atoms with van der Waals surface area (Å²) >= 11 is 6.19. The van der Waals surface area contributed by atoms with E-state index < -0.39 is 10.0 Å². The van der Waals surface area contributed by atoms with Crippen molar-refractivity contribution in [2.75, 3.05) is 24.2 Å². The minimum atomic E-state index is -3.21. The smallest absolute Gasteiger partial charge is 0.211 e. The number of sulfonamides is 1. The monoisotopic (exact) mass is 342 g/mol. The van der Waals surface area contributed by atoms with Crippen LogP contribution in [0.4, 0.5) is 5.69 Å². The molecule has 0 amide bonds. The van der Waals surface area contributed by atoms with Gasteiger partial charge in [0, 0.05) is 41.3 Å². The molecule has 1 aromatic heterocycles. The molecule has 2 aromatic rings. The molecule has 3 rings (SSSR count). The van der Waals surface area contributed by atoms with Gasteiger partial charge < -0.3 is 4.90 Å². The number of aromatic amines is 1. The van der Waals surface area contributed by atoms with Crippen LogP contribution in [0.25, 0.3) is 10.9 Å². The first-order chi connectivity index (χ1) is 10.3. The van der Waals surface area contributed by atoms with Crippen molar-refractivity contribution < 1.29 is 8.42 Å². The summed E-state index contributed by atoms with van der Waals surface area (Å²) in [5, 5.41) is 8.63. The summed E-state index contributed by atoms with van der Waals surface area (Å²) in [5.41, 5.74) is 1.87. The fourth-order valence-electron chi connectivity index (χ4n) is 3.42. The highest BCUT2D eigenvalue weighted by molar-refractivity contribution is 7.88. The third-order valence-electron chi connectivity index (χ3n) is 4.06. The first kappa shape index (κ1) is 15.6. The lowest BCUT2D eigenvalue weighted by Crippen LogP contribution is -2.58. The molecule has 1 saturated heterocycles. The van der Waals surface area contributed by atoms with Crippen molar-refractivity contribution in [3.63, 3.8) is 0 Å². The molecular weight excluding hydrogens is 324 g/mol. The average molecular weight is 343 g/mol. The second-order valence-corrected chi connectivity index (χ2v) is 8.28. The second-order valence-electron chi connectivity index (χ2n) is 5.95. The molecule has 1 N–H and O–H groups in total. The van der Waals surface area contributed by atoms with Gasteiger partial charge in [-0.05, 0) is 26.0 Å². The number of fused-ring (bicyclic) bond motifs is 1. The van der Waals surface area contributed by atoms with Gasteiger partial charge in [0.05, 0.1) is 18.0 Å². The first-order valence-corrected chi connectivity index (χ1v) is 9.36. The molecule has 0 unspecified atom stereocenters. The van der Waals surface area contributed by atoms with Crippen LogP contribution in [0.5, 0.6) is 0 Å². The molecule has 1 aromatic carbocycles. The number of H-pyrrole nitrogens is 1. The Balaban J connectivity index is 1.98. The molecule has 2 atom stereocenters.